The Morgan fingerprint density at radius 1 is 1.03 bits per heavy atom. The summed E-state index contributed by atoms with van der Waals surface area (Å²) in [5, 5.41) is 12.7. The van der Waals surface area contributed by atoms with Crippen LogP contribution in [0.5, 0.6) is 5.75 Å². The molecule has 0 saturated heterocycles. The van der Waals surface area contributed by atoms with Crippen molar-refractivity contribution in [3.8, 4) is 5.75 Å². The molecule has 0 spiro atoms. The van der Waals surface area contributed by atoms with E-state index in [-0.39, 0.29) is 34.6 Å². The van der Waals surface area contributed by atoms with Crippen LogP contribution >= 0.6 is 38.5 Å². The van der Waals surface area contributed by atoms with Gasteiger partial charge in [0.05, 0.1) is 21.4 Å². The fourth-order valence-electron chi connectivity index (χ4n) is 2.59. The van der Waals surface area contributed by atoms with E-state index in [2.05, 4.69) is 26.7 Å². The van der Waals surface area contributed by atoms with Crippen molar-refractivity contribution in [3.05, 3.63) is 85.9 Å². The summed E-state index contributed by atoms with van der Waals surface area (Å²) in [7, 11) is 0. The number of rotatable bonds is 9. The summed E-state index contributed by atoms with van der Waals surface area (Å²) in [6.45, 7) is -0.281. The fourth-order valence-corrected chi connectivity index (χ4v) is 3.39. The number of aliphatic hydroxyl groups excluding tert-OH is 1. The number of benzene rings is 3. The van der Waals surface area contributed by atoms with Gasteiger partial charge in [0.15, 0.2) is 0 Å². The zero-order valence-corrected chi connectivity index (χ0v) is 20.2. The molecule has 6 nitrogen and oxygen atoms in total. The molecule has 3 rings (SSSR count). The third-order valence-corrected chi connectivity index (χ3v) is 5.41. The maximum absolute atomic E-state index is 14.2. The Labute approximate surface area is 205 Å². The molecule has 1 unspecified atom stereocenters. The van der Waals surface area contributed by atoms with Crippen LogP contribution in [0.2, 0.25) is 0 Å². The van der Waals surface area contributed by atoms with Crippen molar-refractivity contribution in [2.75, 3.05) is 18.5 Å². The first-order valence-electron chi connectivity index (χ1n) is 9.32. The molecule has 0 aliphatic heterocycles. The lowest BCUT2D eigenvalue weighted by molar-refractivity contribution is -0.0259. The Balaban J connectivity index is 1.62. The largest absolute Gasteiger partial charge is 0.491 e. The summed E-state index contributed by atoms with van der Waals surface area (Å²) in [6.07, 6.45) is -1.01. The third-order valence-electron chi connectivity index (χ3n) is 4.13. The minimum absolute atomic E-state index is 0.00579. The SMILES string of the molecule is O=C(NOCC(O)COc1ccccc1)c1cc(Br)c(F)cc1Nc1ccc(I)cc1F. The Kier molecular flexibility index (Phi) is 8.79. The second-order valence-electron chi connectivity index (χ2n) is 6.58. The number of anilines is 2. The van der Waals surface area contributed by atoms with Crippen molar-refractivity contribution in [1.29, 1.82) is 0 Å². The number of carbonyl (C=O) groups excluding carboxylic acids is 1. The van der Waals surface area contributed by atoms with Crippen LogP contribution in [0, 0.1) is 15.2 Å². The van der Waals surface area contributed by atoms with E-state index in [1.807, 2.05) is 28.7 Å². The molecular formula is C22H18BrF2IN2O4. The van der Waals surface area contributed by atoms with Gasteiger partial charge in [-0.05, 0) is 81.0 Å². The van der Waals surface area contributed by atoms with Crippen molar-refractivity contribution in [2.45, 2.75) is 6.10 Å². The van der Waals surface area contributed by atoms with Gasteiger partial charge >= 0.3 is 0 Å². The van der Waals surface area contributed by atoms with Gasteiger partial charge in [0.25, 0.3) is 5.91 Å². The quantitative estimate of drug-likeness (QED) is 0.228. The van der Waals surface area contributed by atoms with E-state index < -0.39 is 23.6 Å². The molecule has 0 aliphatic carbocycles. The highest BCUT2D eigenvalue weighted by atomic mass is 127. The van der Waals surface area contributed by atoms with Crippen molar-refractivity contribution >= 4 is 55.8 Å². The predicted octanol–water partition coefficient (Wildman–Crippen LogP) is 5.18. The van der Waals surface area contributed by atoms with E-state index in [4.69, 9.17) is 9.57 Å². The predicted molar refractivity (Wildman–Crippen MR) is 128 cm³/mol. The molecule has 1 atom stereocenters. The maximum atomic E-state index is 14.2. The van der Waals surface area contributed by atoms with Crippen LogP contribution in [0.4, 0.5) is 20.2 Å². The number of hydrogen-bond acceptors (Lipinski definition) is 5. The monoisotopic (exact) mass is 618 g/mol. The highest BCUT2D eigenvalue weighted by molar-refractivity contribution is 14.1. The number of hydrogen-bond donors (Lipinski definition) is 3. The maximum Gasteiger partial charge on any atom is 0.276 e. The molecule has 0 aromatic heterocycles. The van der Waals surface area contributed by atoms with E-state index >= 15 is 0 Å². The van der Waals surface area contributed by atoms with Gasteiger partial charge in [-0.25, -0.2) is 14.3 Å². The minimum atomic E-state index is -1.01. The smallest absolute Gasteiger partial charge is 0.276 e. The summed E-state index contributed by atoms with van der Waals surface area (Å²) < 4.78 is 34.4. The van der Waals surface area contributed by atoms with Crippen molar-refractivity contribution in [3.63, 3.8) is 0 Å². The summed E-state index contributed by atoms with van der Waals surface area (Å²) in [4.78, 5) is 17.7. The summed E-state index contributed by atoms with van der Waals surface area (Å²) in [5.41, 5.74) is 2.32. The summed E-state index contributed by atoms with van der Waals surface area (Å²) in [6, 6.07) is 15.7. The molecule has 0 bridgehead atoms. The topological polar surface area (TPSA) is 79.8 Å². The molecule has 3 aromatic carbocycles. The van der Waals surface area contributed by atoms with Gasteiger partial charge in [0.1, 0.15) is 36.7 Å². The lowest BCUT2D eigenvalue weighted by atomic mass is 10.1. The van der Waals surface area contributed by atoms with Gasteiger partial charge in [-0.3, -0.25) is 9.63 Å². The second-order valence-corrected chi connectivity index (χ2v) is 8.68. The molecular weight excluding hydrogens is 601 g/mol. The second kappa shape index (κ2) is 11.5. The number of para-hydroxylation sites is 1. The van der Waals surface area contributed by atoms with Crippen LogP contribution in [0.25, 0.3) is 0 Å². The third kappa shape index (κ3) is 6.86. The minimum Gasteiger partial charge on any atom is -0.491 e. The number of aliphatic hydroxyl groups is 1. The van der Waals surface area contributed by atoms with Crippen molar-refractivity contribution in [1.82, 2.24) is 5.48 Å². The zero-order valence-electron chi connectivity index (χ0n) is 16.4. The van der Waals surface area contributed by atoms with Crippen LogP contribution in [0.15, 0.2) is 65.1 Å². The summed E-state index contributed by atoms with van der Waals surface area (Å²) in [5.74, 6) is -1.31. The van der Waals surface area contributed by atoms with Gasteiger partial charge in [-0.2, -0.15) is 0 Å². The molecule has 3 aromatic rings. The normalized spacial score (nSPS) is 11.7. The van der Waals surface area contributed by atoms with Gasteiger partial charge in [0.2, 0.25) is 0 Å². The van der Waals surface area contributed by atoms with Gasteiger partial charge < -0.3 is 15.2 Å². The Morgan fingerprint density at radius 3 is 2.50 bits per heavy atom. The molecule has 0 radical (unpaired) electrons. The van der Waals surface area contributed by atoms with Crippen LogP contribution in [0.1, 0.15) is 10.4 Å². The number of amides is 1. The molecule has 0 aliphatic rings. The van der Waals surface area contributed by atoms with E-state index in [1.54, 1.807) is 30.3 Å². The fraction of sp³-hybridized carbons (Fsp3) is 0.136. The Hall–Kier alpha value is -2.28. The van der Waals surface area contributed by atoms with Crippen LogP contribution in [-0.4, -0.2) is 30.3 Å². The zero-order chi connectivity index (χ0) is 23.1. The molecule has 10 heteroatoms. The van der Waals surface area contributed by atoms with Crippen LogP contribution in [-0.2, 0) is 4.84 Å². The van der Waals surface area contributed by atoms with Gasteiger partial charge in [0, 0.05) is 3.57 Å². The highest BCUT2D eigenvalue weighted by Crippen LogP contribution is 2.29. The van der Waals surface area contributed by atoms with Crippen LogP contribution < -0.4 is 15.5 Å². The van der Waals surface area contributed by atoms with E-state index in [1.165, 1.54) is 18.2 Å². The molecule has 1 amide bonds. The van der Waals surface area contributed by atoms with E-state index in [0.717, 1.165) is 6.07 Å². The van der Waals surface area contributed by atoms with Gasteiger partial charge in [-0.1, -0.05) is 18.2 Å². The molecule has 3 N–H and O–H groups in total. The number of hydroxylamine groups is 1. The highest BCUT2D eigenvalue weighted by Gasteiger charge is 2.17. The number of carbonyl (C=O) groups is 1. The average molecular weight is 619 g/mol. The Morgan fingerprint density at radius 2 is 1.78 bits per heavy atom. The van der Waals surface area contributed by atoms with Crippen molar-refractivity contribution in [2.24, 2.45) is 0 Å². The van der Waals surface area contributed by atoms with E-state index in [9.17, 15) is 18.7 Å². The molecule has 0 fully saturated rings. The molecule has 0 heterocycles. The first kappa shape index (κ1) is 24.4. The molecule has 0 saturated carbocycles. The summed E-state index contributed by atoms with van der Waals surface area (Å²) >= 11 is 5.00. The lowest BCUT2D eigenvalue weighted by Crippen LogP contribution is -2.31. The number of nitrogens with one attached hydrogen (secondary N) is 2. The van der Waals surface area contributed by atoms with Gasteiger partial charge in [-0.15, -0.1) is 0 Å². The van der Waals surface area contributed by atoms with E-state index in [0.29, 0.717) is 9.32 Å². The first-order valence-corrected chi connectivity index (χ1v) is 11.2. The van der Waals surface area contributed by atoms with Crippen LogP contribution in [0.3, 0.4) is 0 Å². The number of halogens is 4. The first-order chi connectivity index (χ1) is 15.3. The average Bonchev–Trinajstić information content (AvgIpc) is 2.77. The van der Waals surface area contributed by atoms with Crippen molar-refractivity contribution < 1.29 is 28.3 Å². The Bertz CT molecular complexity index is 1090. The number of ether oxygens (including phenoxy) is 1. The lowest BCUT2D eigenvalue weighted by Gasteiger charge is -2.15. The molecule has 168 valence electrons. The standard InChI is InChI=1S/C22H18BrF2IN2O4/c23-17-9-16(21(10-18(17)24)27-20-7-6-13(26)8-19(20)25)22(30)28-32-12-14(29)11-31-15-4-2-1-3-5-15/h1-10,14,27,29H,11-12H2,(H,28,30). The molecule has 32 heavy (non-hydrogen) atoms.